The average molecular weight is 271 g/mol. The molecule has 1 unspecified atom stereocenters. The zero-order valence-corrected chi connectivity index (χ0v) is 12.1. The van der Waals surface area contributed by atoms with Crippen molar-refractivity contribution in [2.24, 2.45) is 0 Å². The zero-order valence-electron chi connectivity index (χ0n) is 12.1. The Bertz CT molecular complexity index is 306. The number of hydrogen-bond acceptors (Lipinski definition) is 4. The highest BCUT2D eigenvalue weighted by Gasteiger charge is 2.31. The lowest BCUT2D eigenvalue weighted by molar-refractivity contribution is -0.131. The Morgan fingerprint density at radius 3 is 2.63 bits per heavy atom. The Hall–Kier alpha value is -1.14. The van der Waals surface area contributed by atoms with Gasteiger partial charge >= 0.3 is 0 Å². The van der Waals surface area contributed by atoms with Gasteiger partial charge in [0.15, 0.2) is 0 Å². The van der Waals surface area contributed by atoms with Gasteiger partial charge in [0.25, 0.3) is 0 Å². The molecule has 6 heteroatoms. The second kappa shape index (κ2) is 8.12. The van der Waals surface area contributed by atoms with Gasteiger partial charge in [0.1, 0.15) is 0 Å². The molecule has 0 aromatic heterocycles. The monoisotopic (exact) mass is 271 g/mol. The van der Waals surface area contributed by atoms with Gasteiger partial charge in [-0.2, -0.15) is 0 Å². The molecule has 1 aliphatic carbocycles. The number of amides is 2. The molecule has 6 nitrogen and oxygen atoms in total. The fraction of sp³-hybridized carbons (Fsp3) is 0.846. The molecular weight excluding hydrogens is 246 g/mol. The molecule has 2 amide bonds. The van der Waals surface area contributed by atoms with E-state index in [4.69, 9.17) is 4.74 Å². The molecule has 0 aromatic rings. The van der Waals surface area contributed by atoms with Crippen LogP contribution in [0.15, 0.2) is 0 Å². The lowest BCUT2D eigenvalue weighted by atomic mass is 10.3. The quantitative estimate of drug-likeness (QED) is 0.567. The van der Waals surface area contributed by atoms with Crippen LogP contribution < -0.4 is 10.6 Å². The van der Waals surface area contributed by atoms with E-state index in [9.17, 15) is 9.59 Å². The van der Waals surface area contributed by atoms with Crippen molar-refractivity contribution in [1.29, 1.82) is 0 Å². The summed E-state index contributed by atoms with van der Waals surface area (Å²) in [5.41, 5.74) is 0. The Labute approximate surface area is 114 Å². The first-order valence-electron chi connectivity index (χ1n) is 6.89. The van der Waals surface area contributed by atoms with Crippen molar-refractivity contribution in [3.63, 3.8) is 0 Å². The first-order valence-corrected chi connectivity index (χ1v) is 6.89. The summed E-state index contributed by atoms with van der Waals surface area (Å²) in [6, 6.07) is 0.0452. The SMILES string of the molecule is CCN(C(=O)CNC(C)C(=O)NCCOC)C1CC1. The van der Waals surface area contributed by atoms with E-state index in [1.54, 1.807) is 14.0 Å². The van der Waals surface area contributed by atoms with Crippen LogP contribution in [0.5, 0.6) is 0 Å². The first kappa shape index (κ1) is 15.9. The van der Waals surface area contributed by atoms with Gasteiger partial charge in [-0.1, -0.05) is 0 Å². The molecule has 0 bridgehead atoms. The van der Waals surface area contributed by atoms with Crippen molar-refractivity contribution in [3.05, 3.63) is 0 Å². The molecule has 1 aliphatic rings. The smallest absolute Gasteiger partial charge is 0.236 e. The van der Waals surface area contributed by atoms with Crippen LogP contribution in [0.4, 0.5) is 0 Å². The minimum atomic E-state index is -0.376. The van der Waals surface area contributed by atoms with Gasteiger partial charge in [-0.05, 0) is 26.7 Å². The summed E-state index contributed by atoms with van der Waals surface area (Å²) in [7, 11) is 1.59. The first-order chi connectivity index (χ1) is 9.10. The summed E-state index contributed by atoms with van der Waals surface area (Å²) < 4.78 is 4.85. The molecule has 19 heavy (non-hydrogen) atoms. The van der Waals surface area contributed by atoms with E-state index in [1.807, 2.05) is 11.8 Å². The topological polar surface area (TPSA) is 70.7 Å². The molecule has 0 saturated heterocycles. The Morgan fingerprint density at radius 1 is 1.42 bits per heavy atom. The highest BCUT2D eigenvalue weighted by Crippen LogP contribution is 2.26. The van der Waals surface area contributed by atoms with Crippen LogP contribution in [0.2, 0.25) is 0 Å². The van der Waals surface area contributed by atoms with E-state index < -0.39 is 0 Å². The number of nitrogens with one attached hydrogen (secondary N) is 2. The predicted octanol–water partition coefficient (Wildman–Crippen LogP) is -0.262. The second-order valence-electron chi connectivity index (χ2n) is 4.80. The molecule has 1 atom stereocenters. The molecular formula is C13H25N3O3. The van der Waals surface area contributed by atoms with Crippen LogP contribution >= 0.6 is 0 Å². The molecule has 0 radical (unpaired) electrons. The van der Waals surface area contributed by atoms with Crippen molar-refractivity contribution in [3.8, 4) is 0 Å². The third-order valence-electron chi connectivity index (χ3n) is 3.21. The molecule has 0 heterocycles. The summed E-state index contributed by atoms with van der Waals surface area (Å²) in [6.45, 7) is 5.66. The van der Waals surface area contributed by atoms with Gasteiger partial charge < -0.3 is 15.0 Å². The summed E-state index contributed by atoms with van der Waals surface area (Å²) in [5.74, 6) is -0.0409. The third-order valence-corrected chi connectivity index (χ3v) is 3.21. The molecule has 2 N–H and O–H groups in total. The second-order valence-corrected chi connectivity index (χ2v) is 4.80. The van der Waals surface area contributed by atoms with Gasteiger partial charge in [0, 0.05) is 26.2 Å². The maximum Gasteiger partial charge on any atom is 0.236 e. The highest BCUT2D eigenvalue weighted by atomic mass is 16.5. The maximum absolute atomic E-state index is 12.0. The fourth-order valence-corrected chi connectivity index (χ4v) is 1.89. The van der Waals surface area contributed by atoms with Crippen molar-refractivity contribution >= 4 is 11.8 Å². The number of nitrogens with zero attached hydrogens (tertiary/aromatic N) is 1. The van der Waals surface area contributed by atoms with Gasteiger partial charge in [-0.3, -0.25) is 14.9 Å². The van der Waals surface area contributed by atoms with Crippen LogP contribution in [0.1, 0.15) is 26.7 Å². The van der Waals surface area contributed by atoms with Gasteiger partial charge in [-0.25, -0.2) is 0 Å². The molecule has 0 aliphatic heterocycles. The van der Waals surface area contributed by atoms with Crippen LogP contribution in [-0.4, -0.2) is 62.1 Å². The minimum Gasteiger partial charge on any atom is -0.383 e. The normalized spacial score (nSPS) is 15.9. The predicted molar refractivity (Wildman–Crippen MR) is 72.8 cm³/mol. The van der Waals surface area contributed by atoms with Gasteiger partial charge in [-0.15, -0.1) is 0 Å². The van der Waals surface area contributed by atoms with E-state index in [-0.39, 0.29) is 24.4 Å². The molecule has 0 spiro atoms. The molecule has 1 fully saturated rings. The maximum atomic E-state index is 12.0. The van der Waals surface area contributed by atoms with Crippen molar-refractivity contribution < 1.29 is 14.3 Å². The molecule has 110 valence electrons. The lowest BCUT2D eigenvalue weighted by Gasteiger charge is -2.21. The Balaban J connectivity index is 2.22. The van der Waals surface area contributed by atoms with E-state index in [2.05, 4.69) is 10.6 Å². The van der Waals surface area contributed by atoms with Crippen LogP contribution in [0.25, 0.3) is 0 Å². The zero-order chi connectivity index (χ0) is 14.3. The number of methoxy groups -OCH3 is 1. The van der Waals surface area contributed by atoms with Crippen LogP contribution in [-0.2, 0) is 14.3 Å². The summed E-state index contributed by atoms with van der Waals surface area (Å²) in [4.78, 5) is 25.5. The largest absolute Gasteiger partial charge is 0.383 e. The Morgan fingerprint density at radius 2 is 2.11 bits per heavy atom. The van der Waals surface area contributed by atoms with Crippen molar-refractivity contribution in [2.45, 2.75) is 38.8 Å². The summed E-state index contributed by atoms with van der Waals surface area (Å²) in [5, 5.41) is 5.70. The number of rotatable bonds is 9. The number of carbonyl (C=O) groups excluding carboxylic acids is 2. The Kier molecular flexibility index (Phi) is 6.80. The van der Waals surface area contributed by atoms with Crippen molar-refractivity contribution in [1.82, 2.24) is 15.5 Å². The number of hydrogen-bond donors (Lipinski definition) is 2. The molecule has 1 saturated carbocycles. The molecule has 0 aromatic carbocycles. The van der Waals surface area contributed by atoms with E-state index >= 15 is 0 Å². The number of ether oxygens (including phenoxy) is 1. The van der Waals surface area contributed by atoms with Gasteiger partial charge in [0.05, 0.1) is 19.2 Å². The van der Waals surface area contributed by atoms with Crippen LogP contribution in [0, 0.1) is 0 Å². The van der Waals surface area contributed by atoms with E-state index in [0.717, 1.165) is 19.4 Å². The van der Waals surface area contributed by atoms with E-state index in [0.29, 0.717) is 19.2 Å². The highest BCUT2D eigenvalue weighted by molar-refractivity contribution is 5.83. The standard InChI is InChI=1S/C13H25N3O3/c1-4-16(11-5-6-11)12(17)9-15-10(2)13(18)14-7-8-19-3/h10-11,15H,4-9H2,1-3H3,(H,14,18). The molecule has 1 rings (SSSR count). The fourth-order valence-electron chi connectivity index (χ4n) is 1.89. The summed E-state index contributed by atoms with van der Waals surface area (Å²) >= 11 is 0. The van der Waals surface area contributed by atoms with Crippen LogP contribution in [0.3, 0.4) is 0 Å². The lowest BCUT2D eigenvalue weighted by Crippen LogP contribution is -2.47. The number of carbonyl (C=O) groups is 2. The third kappa shape index (κ3) is 5.57. The van der Waals surface area contributed by atoms with E-state index in [1.165, 1.54) is 0 Å². The van der Waals surface area contributed by atoms with Gasteiger partial charge in [0.2, 0.25) is 11.8 Å². The minimum absolute atomic E-state index is 0.0709. The van der Waals surface area contributed by atoms with Crippen molar-refractivity contribution in [2.75, 3.05) is 33.4 Å². The average Bonchev–Trinajstić information content (AvgIpc) is 3.21. The summed E-state index contributed by atoms with van der Waals surface area (Å²) in [6.07, 6.45) is 2.21. The number of likely N-dealkylation sites (N-methyl/N-ethyl adjacent to an activating group) is 1.